The number of amides is 2. The molecule has 118 valence electrons. The van der Waals surface area contributed by atoms with Crippen LogP contribution in [0.2, 0.25) is 0 Å². The third-order valence-electron chi connectivity index (χ3n) is 3.37. The molecule has 1 aromatic carbocycles. The van der Waals surface area contributed by atoms with Gasteiger partial charge in [-0.2, -0.15) is 0 Å². The molecule has 3 aromatic rings. The highest BCUT2D eigenvalue weighted by atomic mass is 32.1. The van der Waals surface area contributed by atoms with Gasteiger partial charge in [0.05, 0.1) is 6.54 Å². The van der Waals surface area contributed by atoms with E-state index in [2.05, 4.69) is 26.9 Å². The van der Waals surface area contributed by atoms with E-state index in [4.69, 9.17) is 0 Å². The predicted octanol–water partition coefficient (Wildman–Crippen LogP) is 3.35. The molecular weight excluding hydrogens is 310 g/mol. The van der Waals surface area contributed by atoms with Gasteiger partial charge in [-0.1, -0.05) is 18.2 Å². The SMILES string of the molecule is CCn1cnnc1CNC(=O)Nc1cccc(-c2cccs2)c1. The van der Waals surface area contributed by atoms with Crippen molar-refractivity contribution in [2.75, 3.05) is 5.32 Å². The van der Waals surface area contributed by atoms with Gasteiger partial charge in [-0.3, -0.25) is 0 Å². The molecule has 0 spiro atoms. The summed E-state index contributed by atoms with van der Waals surface area (Å²) in [5.41, 5.74) is 1.84. The van der Waals surface area contributed by atoms with Crippen LogP contribution < -0.4 is 10.6 Å². The molecule has 2 aromatic heterocycles. The summed E-state index contributed by atoms with van der Waals surface area (Å²) in [5, 5.41) is 15.5. The van der Waals surface area contributed by atoms with Gasteiger partial charge in [-0.25, -0.2) is 4.79 Å². The number of nitrogens with zero attached hydrogens (tertiary/aromatic N) is 3. The monoisotopic (exact) mass is 327 g/mol. The highest BCUT2D eigenvalue weighted by Crippen LogP contribution is 2.26. The molecule has 0 aliphatic rings. The Labute approximate surface area is 138 Å². The van der Waals surface area contributed by atoms with Crippen LogP contribution in [0.5, 0.6) is 0 Å². The minimum absolute atomic E-state index is 0.265. The lowest BCUT2D eigenvalue weighted by molar-refractivity contribution is 0.251. The number of rotatable bonds is 5. The van der Waals surface area contributed by atoms with Gasteiger partial charge < -0.3 is 15.2 Å². The number of carbonyl (C=O) groups is 1. The first-order valence-electron chi connectivity index (χ1n) is 7.31. The molecule has 0 unspecified atom stereocenters. The Hall–Kier alpha value is -2.67. The fourth-order valence-electron chi connectivity index (χ4n) is 2.21. The first kappa shape index (κ1) is 15.2. The van der Waals surface area contributed by atoms with Gasteiger partial charge >= 0.3 is 6.03 Å². The summed E-state index contributed by atoms with van der Waals surface area (Å²) in [6.45, 7) is 3.11. The van der Waals surface area contributed by atoms with Crippen molar-refractivity contribution >= 4 is 23.1 Å². The normalized spacial score (nSPS) is 10.5. The minimum Gasteiger partial charge on any atom is -0.331 e. The van der Waals surface area contributed by atoms with Crippen molar-refractivity contribution in [3.05, 3.63) is 53.9 Å². The number of thiophene rings is 1. The Morgan fingerprint density at radius 2 is 2.22 bits per heavy atom. The molecular formula is C16H17N5OS. The maximum Gasteiger partial charge on any atom is 0.319 e. The number of nitrogens with one attached hydrogen (secondary N) is 2. The lowest BCUT2D eigenvalue weighted by atomic mass is 10.1. The standard InChI is InChI=1S/C16H17N5OS/c1-2-21-11-18-20-15(21)10-17-16(22)19-13-6-3-5-12(9-13)14-7-4-8-23-14/h3-9,11H,2,10H2,1H3,(H2,17,19,22). The van der Waals surface area contributed by atoms with E-state index in [0.29, 0.717) is 6.54 Å². The summed E-state index contributed by atoms with van der Waals surface area (Å²) in [6.07, 6.45) is 1.65. The molecule has 6 nitrogen and oxygen atoms in total. The topological polar surface area (TPSA) is 71.8 Å². The molecule has 23 heavy (non-hydrogen) atoms. The average molecular weight is 327 g/mol. The maximum atomic E-state index is 12.0. The molecule has 2 amide bonds. The summed E-state index contributed by atoms with van der Waals surface area (Å²) < 4.78 is 1.89. The maximum absolute atomic E-state index is 12.0. The van der Waals surface area contributed by atoms with Crippen LogP contribution in [-0.2, 0) is 13.1 Å². The van der Waals surface area contributed by atoms with Crippen LogP contribution in [0.3, 0.4) is 0 Å². The molecule has 0 radical (unpaired) electrons. The summed E-state index contributed by atoms with van der Waals surface area (Å²) >= 11 is 1.67. The summed E-state index contributed by atoms with van der Waals surface area (Å²) in [4.78, 5) is 13.2. The summed E-state index contributed by atoms with van der Waals surface area (Å²) in [7, 11) is 0. The number of aromatic nitrogens is 3. The Balaban J connectivity index is 1.61. The van der Waals surface area contributed by atoms with Crippen LogP contribution in [0.1, 0.15) is 12.7 Å². The second-order valence-electron chi connectivity index (χ2n) is 4.90. The lowest BCUT2D eigenvalue weighted by Gasteiger charge is -2.09. The van der Waals surface area contributed by atoms with Gasteiger partial charge in [0.1, 0.15) is 6.33 Å². The van der Waals surface area contributed by atoms with Crippen LogP contribution in [0.15, 0.2) is 48.1 Å². The van der Waals surface area contributed by atoms with Crippen molar-refractivity contribution in [3.63, 3.8) is 0 Å². The zero-order chi connectivity index (χ0) is 16.1. The first-order valence-corrected chi connectivity index (χ1v) is 8.19. The van der Waals surface area contributed by atoms with Crippen LogP contribution in [-0.4, -0.2) is 20.8 Å². The largest absolute Gasteiger partial charge is 0.331 e. The van der Waals surface area contributed by atoms with E-state index in [1.807, 2.05) is 47.2 Å². The Morgan fingerprint density at radius 1 is 1.30 bits per heavy atom. The summed E-state index contributed by atoms with van der Waals surface area (Å²) in [5.74, 6) is 0.731. The van der Waals surface area contributed by atoms with Gasteiger partial charge in [0.15, 0.2) is 5.82 Å². The summed E-state index contributed by atoms with van der Waals surface area (Å²) in [6, 6.07) is 11.6. The van der Waals surface area contributed by atoms with Crippen molar-refractivity contribution in [1.82, 2.24) is 20.1 Å². The van der Waals surface area contributed by atoms with E-state index < -0.39 is 0 Å². The van der Waals surface area contributed by atoms with E-state index in [1.54, 1.807) is 17.7 Å². The number of benzene rings is 1. The molecule has 0 aliphatic heterocycles. The molecule has 2 N–H and O–H groups in total. The fraction of sp³-hybridized carbons (Fsp3) is 0.188. The number of urea groups is 1. The second-order valence-corrected chi connectivity index (χ2v) is 5.85. The Bertz CT molecular complexity index is 781. The van der Waals surface area contributed by atoms with Crippen molar-refractivity contribution in [2.24, 2.45) is 0 Å². The Morgan fingerprint density at radius 3 is 3.00 bits per heavy atom. The number of anilines is 1. The van der Waals surface area contributed by atoms with E-state index in [-0.39, 0.29) is 6.03 Å². The van der Waals surface area contributed by atoms with Crippen molar-refractivity contribution in [1.29, 1.82) is 0 Å². The minimum atomic E-state index is -0.265. The predicted molar refractivity (Wildman–Crippen MR) is 91.3 cm³/mol. The van der Waals surface area contributed by atoms with Crippen molar-refractivity contribution in [3.8, 4) is 10.4 Å². The number of hydrogen-bond acceptors (Lipinski definition) is 4. The molecule has 0 bridgehead atoms. The lowest BCUT2D eigenvalue weighted by Crippen LogP contribution is -2.29. The average Bonchev–Trinajstić information content (AvgIpc) is 3.24. The molecule has 2 heterocycles. The van der Waals surface area contributed by atoms with Crippen LogP contribution in [0.25, 0.3) is 10.4 Å². The first-order chi connectivity index (χ1) is 11.3. The van der Waals surface area contributed by atoms with Crippen LogP contribution in [0, 0.1) is 0 Å². The van der Waals surface area contributed by atoms with Gasteiger partial charge in [-0.05, 0) is 36.1 Å². The zero-order valence-electron chi connectivity index (χ0n) is 12.7. The van der Waals surface area contributed by atoms with E-state index in [1.165, 1.54) is 4.88 Å². The Kier molecular flexibility index (Phi) is 4.68. The van der Waals surface area contributed by atoms with E-state index >= 15 is 0 Å². The van der Waals surface area contributed by atoms with Crippen LogP contribution in [0.4, 0.5) is 10.5 Å². The number of aryl methyl sites for hydroxylation is 1. The molecule has 0 atom stereocenters. The molecule has 0 saturated carbocycles. The molecule has 3 rings (SSSR count). The van der Waals surface area contributed by atoms with Gasteiger partial charge in [-0.15, -0.1) is 21.5 Å². The van der Waals surface area contributed by atoms with Crippen molar-refractivity contribution in [2.45, 2.75) is 20.0 Å². The highest BCUT2D eigenvalue weighted by molar-refractivity contribution is 7.13. The van der Waals surface area contributed by atoms with Gasteiger partial charge in [0, 0.05) is 17.1 Å². The third-order valence-corrected chi connectivity index (χ3v) is 4.29. The fourth-order valence-corrected chi connectivity index (χ4v) is 2.93. The number of hydrogen-bond donors (Lipinski definition) is 2. The van der Waals surface area contributed by atoms with Crippen LogP contribution >= 0.6 is 11.3 Å². The molecule has 0 aliphatic carbocycles. The van der Waals surface area contributed by atoms with Gasteiger partial charge in [0.2, 0.25) is 0 Å². The number of carbonyl (C=O) groups excluding carboxylic acids is 1. The van der Waals surface area contributed by atoms with E-state index in [9.17, 15) is 4.79 Å². The smallest absolute Gasteiger partial charge is 0.319 e. The molecule has 0 fully saturated rings. The third kappa shape index (κ3) is 3.75. The highest BCUT2D eigenvalue weighted by Gasteiger charge is 2.07. The van der Waals surface area contributed by atoms with E-state index in [0.717, 1.165) is 23.6 Å². The van der Waals surface area contributed by atoms with Gasteiger partial charge in [0.25, 0.3) is 0 Å². The molecule has 0 saturated heterocycles. The quantitative estimate of drug-likeness (QED) is 0.755. The van der Waals surface area contributed by atoms with Crippen molar-refractivity contribution < 1.29 is 4.79 Å². The second kappa shape index (κ2) is 7.06. The zero-order valence-corrected chi connectivity index (χ0v) is 13.5. The molecule has 7 heteroatoms.